The van der Waals surface area contributed by atoms with Crippen LogP contribution >= 0.6 is 37.9 Å². The van der Waals surface area contributed by atoms with Gasteiger partial charge in [-0.2, -0.15) is 0 Å². The van der Waals surface area contributed by atoms with Crippen molar-refractivity contribution in [3.8, 4) is 0 Å². The summed E-state index contributed by atoms with van der Waals surface area (Å²) in [5, 5.41) is 41.9. The van der Waals surface area contributed by atoms with E-state index in [1.807, 2.05) is 0 Å². The average Bonchev–Trinajstić information content (AvgIpc) is 3.83. The number of aromatic nitrogens is 8. The van der Waals surface area contributed by atoms with E-state index in [9.17, 15) is 62.8 Å². The molecule has 0 saturated carbocycles. The van der Waals surface area contributed by atoms with E-state index < -0.39 is 112 Å². The van der Waals surface area contributed by atoms with E-state index in [1.54, 1.807) is 0 Å². The number of imidazole rings is 2. The monoisotopic (exact) mass is 1020 g/mol. The molecule has 8 N–H and O–H groups in total. The Hall–Kier alpha value is 2.35. The smallest absolute Gasteiger partial charge is 0.778 e. The molecule has 62 heavy (non-hydrogen) atoms. The van der Waals surface area contributed by atoms with Gasteiger partial charge in [0.2, 0.25) is 0 Å². The number of hydrogen-bond donors (Lipinski definition) is 6. The van der Waals surface area contributed by atoms with E-state index in [2.05, 4.69) is 47.6 Å². The topological polar surface area (TPSA) is 453 Å². The maximum Gasteiger partial charge on any atom is 1.00 e. The summed E-state index contributed by atoms with van der Waals surface area (Å²) in [4.78, 5) is 73.4. The Kier molecular flexibility index (Phi) is 24.6. The third-order valence-corrected chi connectivity index (χ3v) is 18.5. The fourth-order valence-corrected chi connectivity index (χ4v) is 14.9. The molecule has 2 fully saturated rings. The molecule has 0 aliphatic carbocycles. The summed E-state index contributed by atoms with van der Waals surface area (Å²) in [5.74, 6) is -4.30. The first-order chi connectivity index (χ1) is 26.4. The summed E-state index contributed by atoms with van der Waals surface area (Å²) < 4.78 is 93.0. The first-order valence-electron chi connectivity index (χ1n) is 15.6. The summed E-state index contributed by atoms with van der Waals surface area (Å²) in [6, 6.07) is 0. The molecule has 313 valence electrons. The van der Waals surface area contributed by atoms with E-state index in [0.29, 0.717) is 0 Å². The molecule has 0 aromatic carbocycles. The standard InChI is InChI=1S/C22H32BN10O19P5.5Na/c23-57(46,51-55(42,43)7-53(38,39)47-1-9-13(34)15(36)21(49-9)32-5-30-11-17(24)26-3-28-19(11)32)52-56(44,45)8-54(40,41)48-2-10-14(35)16(37)22(50-10)33-6-31-12-18(25)27-4-29-20(12)33;;;;;/h3-6,9-10,13-16,21-22,34-37H,1-2,7-8H2,(H,38,39)(H,40,41)(H,42,43)(H,44,45)(H2,24,26,28)(H2,25,27,29);;;;;/q-1;5*+1/p-4/t9-,10-,13-,14-,15-,16-,21-,22-;;;;;/m1...../s1. The molecule has 29 nitrogen and oxygen atoms in total. The van der Waals surface area contributed by atoms with Crippen LogP contribution in [0, 0.1) is 0 Å². The zero-order valence-corrected chi connectivity index (χ0v) is 47.7. The molecule has 6 heterocycles. The molecule has 4 aromatic rings. The Morgan fingerprint density at radius 3 is 1.27 bits per heavy atom. The van der Waals surface area contributed by atoms with Crippen molar-refractivity contribution >= 4 is 79.4 Å². The number of fused-ring (bicyclic) bond motifs is 2. The van der Waals surface area contributed by atoms with Crippen LogP contribution in [0.15, 0.2) is 25.3 Å². The van der Waals surface area contributed by atoms with Gasteiger partial charge in [-0.3, -0.25) is 9.13 Å². The van der Waals surface area contributed by atoms with E-state index in [-0.39, 0.29) is 182 Å². The normalized spacial score (nSPS) is 28.3. The number of nitrogens with two attached hydrogens (primary N) is 2. The van der Waals surface area contributed by atoms with Crippen LogP contribution in [0.1, 0.15) is 12.5 Å². The van der Waals surface area contributed by atoms with Crippen molar-refractivity contribution in [3.05, 3.63) is 25.3 Å². The van der Waals surface area contributed by atoms with Crippen LogP contribution in [-0.4, -0.2) is 129 Å². The molecule has 40 heteroatoms. The minimum atomic E-state index is -6.01. The molecule has 0 spiro atoms. The molecule has 12 atom stereocenters. The molecule has 0 amide bonds. The molecular formula is C22H28BN10Na5O19P5. The summed E-state index contributed by atoms with van der Waals surface area (Å²) >= 11 is 0. The van der Waals surface area contributed by atoms with Crippen LogP contribution in [0.2, 0.25) is 0 Å². The van der Waals surface area contributed by atoms with E-state index in [4.69, 9.17) is 28.5 Å². The van der Waals surface area contributed by atoms with Crippen LogP contribution in [0.4, 0.5) is 11.6 Å². The van der Waals surface area contributed by atoms with Crippen molar-refractivity contribution in [2.45, 2.75) is 49.1 Å². The van der Waals surface area contributed by atoms with Gasteiger partial charge < -0.3 is 109 Å². The second-order valence-electron chi connectivity index (χ2n) is 12.3. The van der Waals surface area contributed by atoms with Gasteiger partial charge in [-0.05, 0) is 0 Å². The molecule has 2 aliphatic rings. The van der Waals surface area contributed by atoms with Crippen LogP contribution in [-0.2, 0) is 50.0 Å². The average molecular weight is 1020 g/mol. The van der Waals surface area contributed by atoms with Crippen molar-refractivity contribution in [1.82, 2.24) is 39.0 Å². The van der Waals surface area contributed by atoms with Gasteiger partial charge in [0.15, 0.2) is 35.4 Å². The Morgan fingerprint density at radius 2 is 0.935 bits per heavy atom. The number of aliphatic hydroxyl groups is 4. The summed E-state index contributed by atoms with van der Waals surface area (Å²) in [6.07, 6.45) is -8.72. The van der Waals surface area contributed by atoms with Crippen molar-refractivity contribution in [1.29, 1.82) is 0 Å². The van der Waals surface area contributed by atoms with Gasteiger partial charge in [0.25, 0.3) is 0 Å². The third kappa shape index (κ3) is 15.2. The van der Waals surface area contributed by atoms with Crippen LogP contribution in [0.25, 0.3) is 22.3 Å². The molecule has 0 bridgehead atoms. The predicted octanol–water partition coefficient (Wildman–Crippen LogP) is -19.4. The predicted molar refractivity (Wildman–Crippen MR) is 179 cm³/mol. The number of aliphatic hydroxyl groups excluding tert-OH is 4. The summed E-state index contributed by atoms with van der Waals surface area (Å²) in [6.45, 7) is -2.20. The maximum atomic E-state index is 12.5. The molecule has 6 rings (SSSR count). The van der Waals surface area contributed by atoms with Gasteiger partial charge in [-0.25, -0.2) is 29.9 Å². The number of hydrogen-bond acceptors (Lipinski definition) is 27. The Morgan fingerprint density at radius 1 is 0.597 bits per heavy atom. The van der Waals surface area contributed by atoms with E-state index in [1.165, 1.54) is 0 Å². The van der Waals surface area contributed by atoms with Gasteiger partial charge in [-0.15, -0.1) is 0 Å². The maximum absolute atomic E-state index is 12.5. The van der Waals surface area contributed by atoms with Crippen LogP contribution < -0.4 is 179 Å². The van der Waals surface area contributed by atoms with Crippen molar-refractivity contribution < 1.29 is 238 Å². The number of anilines is 2. The van der Waals surface area contributed by atoms with Crippen LogP contribution in [0.3, 0.4) is 0 Å². The first kappa shape index (κ1) is 62.4. The Labute approximate surface area is 461 Å². The number of nitrogen functional groups attached to an aromatic ring is 2. The minimum Gasteiger partial charge on any atom is -0.778 e. The molecule has 3 radical (unpaired) electrons. The van der Waals surface area contributed by atoms with Crippen LogP contribution in [0.5, 0.6) is 0 Å². The summed E-state index contributed by atoms with van der Waals surface area (Å²) in [7, 11) is -24.1. The molecule has 4 unspecified atom stereocenters. The fourth-order valence-electron chi connectivity index (χ4n) is 5.60. The van der Waals surface area contributed by atoms with Gasteiger partial charge >= 0.3 is 148 Å². The van der Waals surface area contributed by atoms with Gasteiger partial charge in [0, 0.05) is 0 Å². The second kappa shape index (κ2) is 24.5. The van der Waals surface area contributed by atoms with Crippen molar-refractivity contribution in [2.24, 2.45) is 0 Å². The largest absolute Gasteiger partial charge is 1.00 e. The first-order valence-corrected chi connectivity index (χ1v) is 24.1. The molecule has 2 aliphatic heterocycles. The molecular weight excluding hydrogens is 989 g/mol. The Bertz CT molecular complexity index is 2260. The molecule has 2 saturated heterocycles. The van der Waals surface area contributed by atoms with E-state index in [0.717, 1.165) is 34.4 Å². The number of rotatable bonds is 16. The van der Waals surface area contributed by atoms with Crippen molar-refractivity contribution in [3.63, 3.8) is 0 Å². The van der Waals surface area contributed by atoms with E-state index >= 15 is 0 Å². The zero-order chi connectivity index (χ0) is 41.9. The van der Waals surface area contributed by atoms with Gasteiger partial charge in [-0.1, -0.05) is 0 Å². The Balaban J connectivity index is 0.00000384. The number of ether oxygens (including phenoxy) is 2. The second-order valence-corrected chi connectivity index (χ2v) is 22.3. The SMILES string of the molecule is [B-]P(=O)(OP(=O)([O-])CP(=O)([O-])OC[C@H]1O[C@@H](n2cnc3c(N)ncnc32)[C@H](O)[C@@H]1O)OP(=O)([O-])CP(=O)([O-])OC[C@H]1O[C@@H](n2cnc3c(N)ncnc32)[C@H](O)[C@@H]1O.[Na+].[Na+].[Na+].[Na+].[Na+]. The zero-order valence-electron chi connectivity index (χ0n) is 33.2. The third-order valence-electron chi connectivity index (χ3n) is 8.04. The minimum absolute atomic E-state index is 0. The quantitative estimate of drug-likeness (QED) is 0.0448. The fraction of sp³-hybridized carbons (Fsp3) is 0.545. The summed E-state index contributed by atoms with van der Waals surface area (Å²) in [5.41, 5.74) is 11.8. The molecule has 4 aromatic heterocycles. The van der Waals surface area contributed by atoms with Gasteiger partial charge in [0.1, 0.15) is 90.7 Å². The van der Waals surface area contributed by atoms with Crippen molar-refractivity contribution in [2.75, 3.05) is 36.5 Å². The number of nitrogens with zero attached hydrogens (tertiary/aromatic N) is 8. The van der Waals surface area contributed by atoms with Gasteiger partial charge in [0.05, 0.1) is 45.1 Å².